The number of nitrogens with one attached hydrogen (secondary N) is 2. The van der Waals surface area contributed by atoms with Crippen LogP contribution in [0, 0.1) is 0 Å². The lowest BCUT2D eigenvalue weighted by Crippen LogP contribution is -2.66. The second-order valence-corrected chi connectivity index (χ2v) is 13.8. The number of carbonyl (C=O) groups excluding carboxylic acids is 1. The molecule has 176 valence electrons. The number of carbonyl (C=O) groups is 1. The van der Waals surface area contributed by atoms with Crippen LogP contribution in [0.4, 0.5) is 4.79 Å². The first-order valence-electron chi connectivity index (χ1n) is 12.2. The molecule has 0 heterocycles. The maximum Gasteiger partial charge on any atom is 0.314 e. The Bertz CT molecular complexity index is 736. The lowest BCUT2D eigenvalue weighted by molar-refractivity contribution is 0.240. The molecule has 0 spiro atoms. The topological polar surface area (TPSA) is 50.4 Å². The molecule has 5 heteroatoms. The number of benzene rings is 2. The molecule has 2 aromatic rings. The molecule has 2 aromatic carbocycles. The van der Waals surface area contributed by atoms with Gasteiger partial charge in [-0.1, -0.05) is 101 Å². The van der Waals surface area contributed by atoms with Crippen molar-refractivity contribution in [3.05, 3.63) is 60.7 Å². The molecule has 2 rings (SSSR count). The van der Waals surface area contributed by atoms with E-state index in [1.54, 1.807) is 0 Å². The Morgan fingerprint density at radius 2 is 1.28 bits per heavy atom. The molecule has 0 fully saturated rings. The Hall–Kier alpha value is -2.11. The highest BCUT2D eigenvalue weighted by atomic mass is 28.4. The number of hydrogen-bond donors (Lipinski definition) is 2. The molecule has 0 unspecified atom stereocenters. The van der Waals surface area contributed by atoms with Crippen LogP contribution in [0.25, 0.3) is 0 Å². The highest BCUT2D eigenvalue weighted by molar-refractivity contribution is 6.99. The molecule has 0 bridgehead atoms. The van der Waals surface area contributed by atoms with Crippen LogP contribution in [-0.4, -0.2) is 34.0 Å². The zero-order valence-electron chi connectivity index (χ0n) is 20.5. The van der Waals surface area contributed by atoms with E-state index in [1.807, 2.05) is 0 Å². The summed E-state index contributed by atoms with van der Waals surface area (Å²) in [5.74, 6) is 0. The highest BCUT2D eigenvalue weighted by Gasteiger charge is 2.49. The highest BCUT2D eigenvalue weighted by Crippen LogP contribution is 2.36. The van der Waals surface area contributed by atoms with Crippen LogP contribution >= 0.6 is 0 Å². The minimum atomic E-state index is -2.44. The third-order valence-corrected chi connectivity index (χ3v) is 11.0. The molecule has 0 aliphatic rings. The van der Waals surface area contributed by atoms with Crippen molar-refractivity contribution in [3.8, 4) is 0 Å². The maximum atomic E-state index is 11.8. The molecular weight excluding hydrogens is 412 g/mol. The average Bonchev–Trinajstić information content (AvgIpc) is 2.79. The quantitative estimate of drug-likeness (QED) is 0.322. The molecule has 2 amide bonds. The second-order valence-electron chi connectivity index (χ2n) is 9.46. The van der Waals surface area contributed by atoms with Crippen LogP contribution in [0.15, 0.2) is 60.7 Å². The van der Waals surface area contributed by atoms with Gasteiger partial charge in [0.1, 0.15) is 0 Å². The van der Waals surface area contributed by atoms with Gasteiger partial charge in [0.15, 0.2) is 0 Å². The van der Waals surface area contributed by atoms with Gasteiger partial charge in [0.25, 0.3) is 8.32 Å². The molecule has 32 heavy (non-hydrogen) atoms. The molecule has 0 aliphatic heterocycles. The predicted octanol–water partition coefficient (Wildman–Crippen LogP) is 5.22. The van der Waals surface area contributed by atoms with Crippen molar-refractivity contribution in [3.63, 3.8) is 0 Å². The first-order chi connectivity index (χ1) is 15.4. The van der Waals surface area contributed by atoms with Gasteiger partial charge in [-0.25, -0.2) is 4.79 Å². The fourth-order valence-electron chi connectivity index (χ4n) is 4.23. The zero-order chi connectivity index (χ0) is 23.3. The molecule has 4 nitrogen and oxygen atoms in total. The molecule has 0 radical (unpaired) electrons. The minimum Gasteiger partial charge on any atom is -0.407 e. The summed E-state index contributed by atoms with van der Waals surface area (Å²) in [7, 11) is -2.44. The summed E-state index contributed by atoms with van der Waals surface area (Å²) < 4.78 is 6.91. The Balaban J connectivity index is 1.90. The number of amides is 2. The summed E-state index contributed by atoms with van der Waals surface area (Å²) in [6.07, 6.45) is 6.36. The Morgan fingerprint density at radius 3 is 1.75 bits per heavy atom. The largest absolute Gasteiger partial charge is 0.407 e. The summed E-state index contributed by atoms with van der Waals surface area (Å²) >= 11 is 0. The van der Waals surface area contributed by atoms with E-state index in [2.05, 4.69) is 99.0 Å². The summed E-state index contributed by atoms with van der Waals surface area (Å²) in [6, 6.07) is 21.5. The number of rotatable bonds is 13. The number of unbranched alkanes of at least 4 members (excludes halogenated alkanes) is 4. The van der Waals surface area contributed by atoms with Gasteiger partial charge < -0.3 is 15.1 Å². The van der Waals surface area contributed by atoms with E-state index in [-0.39, 0.29) is 11.1 Å². The Labute approximate surface area is 196 Å². The Morgan fingerprint density at radius 1 is 0.781 bits per heavy atom. The fourth-order valence-corrected chi connectivity index (χ4v) is 8.84. The first-order valence-corrected chi connectivity index (χ1v) is 14.1. The van der Waals surface area contributed by atoms with Gasteiger partial charge in [-0.15, -0.1) is 0 Å². The van der Waals surface area contributed by atoms with Gasteiger partial charge in [0.2, 0.25) is 0 Å². The smallest absolute Gasteiger partial charge is 0.314 e. The summed E-state index contributed by atoms with van der Waals surface area (Å²) in [6.45, 7) is 11.3. The van der Waals surface area contributed by atoms with Crippen molar-refractivity contribution in [1.29, 1.82) is 0 Å². The second kappa shape index (κ2) is 13.4. The lowest BCUT2D eigenvalue weighted by Gasteiger charge is -2.43. The van der Waals surface area contributed by atoms with Crippen molar-refractivity contribution in [1.82, 2.24) is 10.6 Å². The average molecular weight is 455 g/mol. The van der Waals surface area contributed by atoms with Gasteiger partial charge >= 0.3 is 6.03 Å². The van der Waals surface area contributed by atoms with Gasteiger partial charge in [0.05, 0.1) is 0 Å². The van der Waals surface area contributed by atoms with E-state index < -0.39 is 8.32 Å². The zero-order valence-corrected chi connectivity index (χ0v) is 21.5. The van der Waals surface area contributed by atoms with E-state index in [0.717, 1.165) is 45.3 Å². The minimum absolute atomic E-state index is 0.00707. The predicted molar refractivity (Wildman–Crippen MR) is 138 cm³/mol. The van der Waals surface area contributed by atoms with Crippen molar-refractivity contribution < 1.29 is 9.22 Å². The van der Waals surface area contributed by atoms with Crippen LogP contribution in [0.5, 0.6) is 0 Å². The van der Waals surface area contributed by atoms with Crippen LogP contribution in [0.1, 0.15) is 66.2 Å². The standard InChI is InChI=1S/C27H42N2O2Si/c1-5-6-14-21-28-26(30)29-22-15-9-16-23-31-32(27(2,3)4,24-17-10-7-11-18-24)25-19-12-8-13-20-25/h7-8,10-13,17-20H,5-6,9,14-16,21-23H2,1-4H3,(H2,28,29,30). The van der Waals surface area contributed by atoms with E-state index >= 15 is 0 Å². The molecule has 0 saturated carbocycles. The molecular formula is C27H42N2O2Si. The van der Waals surface area contributed by atoms with Crippen molar-refractivity contribution in [2.75, 3.05) is 19.7 Å². The van der Waals surface area contributed by atoms with Crippen molar-refractivity contribution >= 4 is 24.7 Å². The monoisotopic (exact) mass is 454 g/mol. The summed E-state index contributed by atoms with van der Waals surface area (Å²) in [5.41, 5.74) is 0. The molecule has 0 aliphatic carbocycles. The van der Waals surface area contributed by atoms with E-state index in [1.165, 1.54) is 16.8 Å². The van der Waals surface area contributed by atoms with Crippen LogP contribution < -0.4 is 21.0 Å². The number of hydrogen-bond acceptors (Lipinski definition) is 2. The third-order valence-electron chi connectivity index (χ3n) is 5.91. The van der Waals surface area contributed by atoms with Gasteiger partial charge in [-0.05, 0) is 41.1 Å². The molecule has 0 saturated heterocycles. The maximum absolute atomic E-state index is 11.8. The van der Waals surface area contributed by atoms with Crippen LogP contribution in [-0.2, 0) is 4.43 Å². The summed E-state index contributed by atoms with van der Waals surface area (Å²) in [4.78, 5) is 11.8. The lowest BCUT2D eigenvalue weighted by atomic mass is 10.2. The molecule has 2 N–H and O–H groups in total. The van der Waals surface area contributed by atoms with Crippen molar-refractivity contribution in [2.45, 2.75) is 71.3 Å². The molecule has 0 atom stereocenters. The number of urea groups is 1. The van der Waals surface area contributed by atoms with Crippen molar-refractivity contribution in [2.24, 2.45) is 0 Å². The third kappa shape index (κ3) is 7.49. The molecule has 0 aromatic heterocycles. The fraction of sp³-hybridized carbons (Fsp3) is 0.519. The van der Waals surface area contributed by atoms with Gasteiger partial charge in [0, 0.05) is 19.7 Å². The first kappa shape index (κ1) is 26.1. The van der Waals surface area contributed by atoms with Gasteiger partial charge in [-0.3, -0.25) is 0 Å². The van der Waals surface area contributed by atoms with E-state index in [9.17, 15) is 4.79 Å². The SMILES string of the molecule is CCCCCNC(=O)NCCCCCO[Si](c1ccccc1)(c1ccccc1)C(C)(C)C. The van der Waals surface area contributed by atoms with E-state index in [4.69, 9.17) is 4.43 Å². The van der Waals surface area contributed by atoms with E-state index in [0.29, 0.717) is 6.54 Å². The summed E-state index contributed by atoms with van der Waals surface area (Å²) in [5, 5.41) is 8.53. The van der Waals surface area contributed by atoms with Crippen LogP contribution in [0.2, 0.25) is 5.04 Å². The van der Waals surface area contributed by atoms with Gasteiger partial charge in [-0.2, -0.15) is 0 Å². The normalized spacial score (nSPS) is 11.9. The Kier molecular flexibility index (Phi) is 11.0. The van der Waals surface area contributed by atoms with Crippen LogP contribution in [0.3, 0.4) is 0 Å².